The van der Waals surface area contributed by atoms with E-state index in [2.05, 4.69) is 34.1 Å². The van der Waals surface area contributed by atoms with Gasteiger partial charge in [-0.3, -0.25) is 14.4 Å². The van der Waals surface area contributed by atoms with Gasteiger partial charge in [0, 0.05) is 36.6 Å². The Morgan fingerprint density at radius 1 is 1.07 bits per heavy atom. The molecule has 0 radical (unpaired) electrons. The minimum Gasteiger partial charge on any atom is -0.465 e. The molecule has 6 atom stereocenters. The van der Waals surface area contributed by atoms with E-state index in [-0.39, 0.29) is 47.8 Å². The molecule has 0 aromatic heterocycles. The lowest BCUT2D eigenvalue weighted by Crippen LogP contribution is -2.40. The van der Waals surface area contributed by atoms with Crippen LogP contribution in [0.4, 0.5) is 4.79 Å². The number of rotatable bonds is 1. The Hall–Kier alpha value is -3.62. The first-order chi connectivity index (χ1) is 21.1. The van der Waals surface area contributed by atoms with Crippen molar-refractivity contribution in [2.24, 2.45) is 17.6 Å². The lowest BCUT2D eigenvalue weighted by molar-refractivity contribution is -0.211. The van der Waals surface area contributed by atoms with Crippen molar-refractivity contribution >= 4 is 23.6 Å². The van der Waals surface area contributed by atoms with Gasteiger partial charge < -0.3 is 46.6 Å². The number of Topliss-reactive ketones (excluding diaryl/α,β-unsaturated/α-hetero) is 1. The van der Waals surface area contributed by atoms with Crippen LogP contribution in [0.15, 0.2) is 58.5 Å². The van der Waals surface area contributed by atoms with E-state index in [9.17, 15) is 19.5 Å². The highest BCUT2D eigenvalue weighted by atomic mass is 16.6. The fourth-order valence-electron chi connectivity index (χ4n) is 4.77. The summed E-state index contributed by atoms with van der Waals surface area (Å²) >= 11 is 0. The molecule has 13 nitrogen and oxygen atoms in total. The number of carboxylic acid groups (broad SMARTS) is 1. The van der Waals surface area contributed by atoms with Crippen LogP contribution in [0.25, 0.3) is 0 Å². The van der Waals surface area contributed by atoms with Crippen LogP contribution in [-0.2, 0) is 19.1 Å². The number of fused-ring (bicyclic) bond motifs is 2. The maximum absolute atomic E-state index is 13.1. The summed E-state index contributed by atoms with van der Waals surface area (Å²) in [4.78, 5) is 47.0. The van der Waals surface area contributed by atoms with Gasteiger partial charge in [0.1, 0.15) is 6.10 Å². The fraction of sp³-hybridized carbons (Fsp3) is 0.562. The van der Waals surface area contributed by atoms with E-state index in [1.807, 2.05) is 26.0 Å². The molecule has 1 aliphatic carbocycles. The van der Waals surface area contributed by atoms with Crippen molar-refractivity contribution in [2.75, 3.05) is 13.7 Å². The standard InChI is InChI=1S/C26H36N2O4.C5H10O4.CH3NO2/c1-16-9-7-6-8-10-18(3)26(32)28-21-15-23(30)24(27-5)20(25(21)31)14-17(2)11-12-22(29)19(4)13-16;6-3-1-4(7)5(8)9-2-3;2-1(3)4/h6,8,10,13,15,17,19,22,27,29H,7,9,11-12,14H2,1-5H3,(H,28,32);3-8H,1-2H2;2H2,(H,3,4)/b8-6-,16-13+,18-10+;;. The molecule has 0 saturated carbocycles. The first-order valence-electron chi connectivity index (χ1n) is 14.9. The minimum atomic E-state index is -1.33. The maximum atomic E-state index is 13.1. The molecule has 6 unspecified atom stereocenters. The number of amides is 2. The number of primary amides is 1. The topological polar surface area (TPSA) is 229 Å². The molecule has 252 valence electrons. The van der Waals surface area contributed by atoms with E-state index < -0.39 is 36.6 Å². The summed E-state index contributed by atoms with van der Waals surface area (Å²) in [7, 11) is 1.61. The number of ketones is 2. The van der Waals surface area contributed by atoms with E-state index in [0.717, 1.165) is 19.3 Å². The number of carbonyl (C=O) groups is 4. The molecule has 2 aliphatic heterocycles. The summed E-state index contributed by atoms with van der Waals surface area (Å²) in [5, 5.41) is 49.6. The summed E-state index contributed by atoms with van der Waals surface area (Å²) in [5.41, 5.74) is 6.35. The van der Waals surface area contributed by atoms with Gasteiger partial charge in [-0.25, -0.2) is 4.79 Å². The number of hydrogen-bond acceptors (Lipinski definition) is 10. The molecule has 2 heterocycles. The Morgan fingerprint density at radius 2 is 1.71 bits per heavy atom. The third-order valence-corrected chi connectivity index (χ3v) is 7.35. The van der Waals surface area contributed by atoms with Crippen LogP contribution >= 0.6 is 0 Å². The van der Waals surface area contributed by atoms with Crippen LogP contribution in [0.2, 0.25) is 0 Å². The highest BCUT2D eigenvalue weighted by molar-refractivity contribution is 6.23. The van der Waals surface area contributed by atoms with Gasteiger partial charge in [-0.2, -0.15) is 0 Å². The molecule has 13 heteroatoms. The summed E-state index contributed by atoms with van der Waals surface area (Å²) in [5.74, 6) is -0.959. The number of allylic oxidation sites excluding steroid dienone is 6. The van der Waals surface area contributed by atoms with E-state index in [4.69, 9.17) is 25.2 Å². The zero-order valence-electron chi connectivity index (χ0n) is 26.7. The number of nitrogens with one attached hydrogen (secondary N) is 2. The van der Waals surface area contributed by atoms with Gasteiger partial charge in [0.2, 0.25) is 11.6 Å². The van der Waals surface area contributed by atoms with Crippen molar-refractivity contribution < 1.29 is 49.4 Å². The number of aliphatic hydroxyl groups excluding tert-OH is 4. The van der Waals surface area contributed by atoms with Crippen molar-refractivity contribution in [3.05, 3.63) is 58.5 Å². The van der Waals surface area contributed by atoms with Gasteiger partial charge in [-0.05, 0) is 51.9 Å². The Kier molecular flexibility index (Phi) is 17.3. The van der Waals surface area contributed by atoms with Gasteiger partial charge in [0.15, 0.2) is 6.29 Å². The average molecular weight is 636 g/mol. The molecular formula is C32H49N3O10. The fourth-order valence-corrected chi connectivity index (χ4v) is 4.77. The van der Waals surface area contributed by atoms with Gasteiger partial charge in [-0.15, -0.1) is 0 Å². The number of ether oxygens (including phenoxy) is 1. The van der Waals surface area contributed by atoms with Crippen molar-refractivity contribution in [3.8, 4) is 0 Å². The van der Waals surface area contributed by atoms with Gasteiger partial charge >= 0.3 is 6.09 Å². The average Bonchev–Trinajstić information content (AvgIpc) is 2.95. The monoisotopic (exact) mass is 635 g/mol. The van der Waals surface area contributed by atoms with Crippen LogP contribution in [0.1, 0.15) is 66.2 Å². The van der Waals surface area contributed by atoms with Gasteiger partial charge in [0.25, 0.3) is 5.91 Å². The smallest absolute Gasteiger partial charge is 0.402 e. The molecule has 0 aromatic carbocycles. The van der Waals surface area contributed by atoms with Crippen molar-refractivity contribution in [3.63, 3.8) is 0 Å². The number of hydrogen-bond donors (Lipinski definition) is 8. The Balaban J connectivity index is 0.000000644. The van der Waals surface area contributed by atoms with Crippen molar-refractivity contribution in [1.29, 1.82) is 0 Å². The number of nitrogens with two attached hydrogens (primary N) is 1. The molecular weight excluding hydrogens is 586 g/mol. The van der Waals surface area contributed by atoms with Crippen LogP contribution in [0, 0.1) is 11.8 Å². The van der Waals surface area contributed by atoms with Crippen LogP contribution in [0.3, 0.4) is 0 Å². The second-order valence-electron chi connectivity index (χ2n) is 11.5. The van der Waals surface area contributed by atoms with Crippen LogP contribution in [0.5, 0.6) is 0 Å². The summed E-state index contributed by atoms with van der Waals surface area (Å²) in [6.45, 7) is 7.87. The van der Waals surface area contributed by atoms with E-state index >= 15 is 0 Å². The Labute approximate surface area is 264 Å². The molecule has 9 N–H and O–H groups in total. The first kappa shape index (κ1) is 39.4. The molecule has 3 aliphatic rings. The summed E-state index contributed by atoms with van der Waals surface area (Å²) in [6.07, 6.45) is 7.94. The summed E-state index contributed by atoms with van der Waals surface area (Å²) < 4.78 is 4.56. The molecule has 2 amide bonds. The summed E-state index contributed by atoms with van der Waals surface area (Å²) in [6, 6.07) is 0. The molecule has 3 rings (SSSR count). The first-order valence-corrected chi connectivity index (χ1v) is 14.9. The van der Waals surface area contributed by atoms with Crippen molar-refractivity contribution in [2.45, 2.75) is 90.8 Å². The second-order valence-corrected chi connectivity index (χ2v) is 11.5. The highest BCUT2D eigenvalue weighted by Crippen LogP contribution is 2.27. The molecule has 1 fully saturated rings. The third kappa shape index (κ3) is 14.4. The maximum Gasteiger partial charge on any atom is 0.402 e. The Morgan fingerprint density at radius 3 is 2.29 bits per heavy atom. The molecule has 0 spiro atoms. The predicted molar refractivity (Wildman–Crippen MR) is 167 cm³/mol. The lowest BCUT2D eigenvalue weighted by atomic mass is 9.86. The van der Waals surface area contributed by atoms with E-state index in [0.29, 0.717) is 24.0 Å². The molecule has 2 bridgehead atoms. The number of aliphatic hydroxyl groups is 4. The number of likely N-dealkylation sites (N-methyl/N-ethyl adjacent to an activating group) is 1. The van der Waals surface area contributed by atoms with Gasteiger partial charge in [-0.1, -0.05) is 43.7 Å². The third-order valence-electron chi connectivity index (χ3n) is 7.35. The SMILES string of the molecule is CNC1=C2CC(C)CCC(O)C(C)/C=C(\C)CC/C=C\C=C(/C)C(=O)NC(=CC1=O)C2=O.NC(=O)O.OC1COC(O)C(O)C1. The predicted octanol–water partition coefficient (Wildman–Crippen LogP) is 1.73. The Bertz CT molecular complexity index is 1200. The largest absolute Gasteiger partial charge is 0.465 e. The second kappa shape index (κ2) is 19.7. The molecule has 45 heavy (non-hydrogen) atoms. The lowest BCUT2D eigenvalue weighted by Gasteiger charge is -2.26. The number of carbonyl (C=O) groups excluding carboxylic acids is 3. The normalized spacial score (nSPS) is 31.7. The highest BCUT2D eigenvalue weighted by Gasteiger charge is 2.30. The zero-order chi connectivity index (χ0) is 34.3. The minimum absolute atomic E-state index is 0.00401. The van der Waals surface area contributed by atoms with E-state index in [1.165, 1.54) is 11.6 Å². The quantitative estimate of drug-likeness (QED) is 0.153. The van der Waals surface area contributed by atoms with Gasteiger partial charge in [0.05, 0.1) is 30.2 Å². The van der Waals surface area contributed by atoms with Crippen LogP contribution < -0.4 is 16.4 Å². The molecule has 0 aromatic rings. The van der Waals surface area contributed by atoms with E-state index in [1.54, 1.807) is 20.0 Å². The van der Waals surface area contributed by atoms with Crippen molar-refractivity contribution in [1.82, 2.24) is 10.6 Å². The zero-order valence-corrected chi connectivity index (χ0v) is 26.7. The van der Waals surface area contributed by atoms with Crippen LogP contribution in [-0.4, -0.2) is 87.4 Å². The molecule has 1 saturated heterocycles.